The number of unbranched alkanes of at least 4 members (excludes halogenated alkanes) is 3. The van der Waals surface area contributed by atoms with Gasteiger partial charge >= 0.3 is 11.9 Å². The Morgan fingerprint density at radius 2 is 1.46 bits per heavy atom. The molecule has 0 heterocycles. The van der Waals surface area contributed by atoms with Crippen LogP contribution in [0.3, 0.4) is 0 Å². The summed E-state index contributed by atoms with van der Waals surface area (Å²) in [5, 5.41) is 0. The smallest absolute Gasteiger partial charge is 0.330 e. The minimum Gasteiger partial charge on any atom is -0.463 e. The fourth-order valence-corrected chi connectivity index (χ4v) is 1.82. The van der Waals surface area contributed by atoms with Gasteiger partial charge in [-0.2, -0.15) is 0 Å². The zero-order valence-corrected chi connectivity index (χ0v) is 16.7. The number of ether oxygens (including phenoxy) is 2. The summed E-state index contributed by atoms with van der Waals surface area (Å²) in [5.74, 6) is -0.0913. The Morgan fingerprint density at radius 1 is 0.885 bits per heavy atom. The Labute approximate surface area is 159 Å². The quantitative estimate of drug-likeness (QED) is 0.186. The molecule has 0 aliphatic carbocycles. The van der Waals surface area contributed by atoms with Crippen molar-refractivity contribution in [1.29, 1.82) is 0 Å². The molecular weight excluding hydrogens is 328 g/mol. The summed E-state index contributed by atoms with van der Waals surface area (Å²) in [4.78, 5) is 21.7. The molecule has 26 heavy (non-hydrogen) atoms. The van der Waals surface area contributed by atoms with Crippen molar-refractivity contribution in [3.8, 4) is 0 Å². The first-order valence-electron chi connectivity index (χ1n) is 9.32. The van der Waals surface area contributed by atoms with Gasteiger partial charge in [0.1, 0.15) is 0 Å². The van der Waals surface area contributed by atoms with Gasteiger partial charge in [-0.25, -0.2) is 9.59 Å². The summed E-state index contributed by atoms with van der Waals surface area (Å²) in [6, 6.07) is 0. The predicted octanol–water partition coefficient (Wildman–Crippen LogP) is 5.56. The zero-order chi connectivity index (χ0) is 20.0. The molecule has 0 aromatic rings. The molecular formula is C22H36O4. The van der Waals surface area contributed by atoms with Crippen LogP contribution >= 0.6 is 0 Å². The summed E-state index contributed by atoms with van der Waals surface area (Å²) < 4.78 is 9.89. The lowest BCUT2D eigenvalue weighted by molar-refractivity contribution is -0.139. The maximum absolute atomic E-state index is 10.9. The Balaban J connectivity index is 0. The molecule has 0 N–H and O–H groups in total. The number of hydrogen-bond donors (Lipinski definition) is 0. The van der Waals surface area contributed by atoms with Crippen LogP contribution in [-0.4, -0.2) is 25.2 Å². The van der Waals surface area contributed by atoms with E-state index in [1.54, 1.807) is 26.0 Å². The van der Waals surface area contributed by atoms with Crippen molar-refractivity contribution in [2.45, 2.75) is 59.3 Å². The highest BCUT2D eigenvalue weighted by molar-refractivity contribution is 5.82. The van der Waals surface area contributed by atoms with Gasteiger partial charge in [0.2, 0.25) is 0 Å². The van der Waals surface area contributed by atoms with E-state index in [2.05, 4.69) is 20.1 Å². The Hall–Kier alpha value is -2.10. The SMILES string of the molecule is C=CCCC(C)COC(=O)/C=C/C.C=CCCCCCOC(=O)/C=C/C. The van der Waals surface area contributed by atoms with E-state index < -0.39 is 0 Å². The first-order valence-corrected chi connectivity index (χ1v) is 9.32. The van der Waals surface area contributed by atoms with Gasteiger partial charge in [0.15, 0.2) is 0 Å². The third-order valence-corrected chi connectivity index (χ3v) is 3.28. The topological polar surface area (TPSA) is 52.6 Å². The second kappa shape index (κ2) is 20.9. The molecule has 0 saturated heterocycles. The van der Waals surface area contributed by atoms with Crippen molar-refractivity contribution in [2.24, 2.45) is 5.92 Å². The molecule has 1 atom stereocenters. The molecule has 0 aliphatic heterocycles. The standard InChI is InChI=1S/2C11H18O2/c1-4-6-8-10(3)9-13-11(12)7-5-2;1-3-5-6-7-8-10-13-11(12)9-4-2/h4-5,7,10H,1,6,8-9H2,2-3H3;3-4,9H,1,5-8,10H2,2H3/b7-5+;9-4+. The number of allylic oxidation sites excluding steroid dienone is 4. The summed E-state index contributed by atoms with van der Waals surface area (Å²) in [6.07, 6.45) is 16.2. The molecule has 148 valence electrons. The lowest BCUT2D eigenvalue weighted by Gasteiger charge is -2.09. The summed E-state index contributed by atoms with van der Waals surface area (Å²) in [7, 11) is 0. The fraction of sp³-hybridized carbons (Fsp3) is 0.545. The van der Waals surface area contributed by atoms with Crippen LogP contribution in [0.25, 0.3) is 0 Å². The highest BCUT2D eigenvalue weighted by Gasteiger charge is 2.03. The monoisotopic (exact) mass is 364 g/mol. The number of carbonyl (C=O) groups excluding carboxylic acids is 2. The van der Waals surface area contributed by atoms with Gasteiger partial charge in [0.25, 0.3) is 0 Å². The van der Waals surface area contributed by atoms with Crippen molar-refractivity contribution >= 4 is 11.9 Å². The third kappa shape index (κ3) is 21.9. The zero-order valence-electron chi connectivity index (χ0n) is 16.7. The molecule has 0 bridgehead atoms. The minimum absolute atomic E-state index is 0.244. The van der Waals surface area contributed by atoms with Crippen LogP contribution in [0.4, 0.5) is 0 Å². The van der Waals surface area contributed by atoms with Crippen LogP contribution < -0.4 is 0 Å². The number of hydrogen-bond acceptors (Lipinski definition) is 4. The molecule has 0 radical (unpaired) electrons. The van der Waals surface area contributed by atoms with Gasteiger partial charge in [-0.3, -0.25) is 0 Å². The van der Waals surface area contributed by atoms with Gasteiger partial charge in [-0.1, -0.05) is 31.2 Å². The van der Waals surface area contributed by atoms with E-state index in [-0.39, 0.29) is 11.9 Å². The molecule has 0 aromatic carbocycles. The van der Waals surface area contributed by atoms with Gasteiger partial charge in [-0.15, -0.1) is 13.2 Å². The van der Waals surface area contributed by atoms with E-state index in [0.29, 0.717) is 19.1 Å². The van der Waals surface area contributed by atoms with Crippen molar-refractivity contribution in [1.82, 2.24) is 0 Å². The van der Waals surface area contributed by atoms with Crippen molar-refractivity contribution < 1.29 is 19.1 Å². The summed E-state index contributed by atoms with van der Waals surface area (Å²) in [5.41, 5.74) is 0. The first kappa shape index (κ1) is 26.1. The highest BCUT2D eigenvalue weighted by atomic mass is 16.5. The molecule has 0 saturated carbocycles. The molecule has 0 rings (SSSR count). The summed E-state index contributed by atoms with van der Waals surface area (Å²) in [6.45, 7) is 14.0. The molecule has 0 spiro atoms. The predicted molar refractivity (Wildman–Crippen MR) is 109 cm³/mol. The largest absolute Gasteiger partial charge is 0.463 e. The fourth-order valence-electron chi connectivity index (χ4n) is 1.82. The molecule has 0 aromatic heterocycles. The van der Waals surface area contributed by atoms with Crippen molar-refractivity contribution in [3.63, 3.8) is 0 Å². The molecule has 0 aliphatic rings. The molecule has 0 amide bonds. The van der Waals surface area contributed by atoms with E-state index in [1.165, 1.54) is 12.2 Å². The van der Waals surface area contributed by atoms with Gasteiger partial charge in [0.05, 0.1) is 13.2 Å². The maximum atomic E-state index is 10.9. The Morgan fingerprint density at radius 3 is 2.00 bits per heavy atom. The molecule has 0 fully saturated rings. The normalized spacial score (nSPS) is 11.5. The molecule has 1 unspecified atom stereocenters. The highest BCUT2D eigenvalue weighted by Crippen LogP contribution is 2.06. The van der Waals surface area contributed by atoms with E-state index >= 15 is 0 Å². The van der Waals surface area contributed by atoms with Crippen molar-refractivity contribution in [2.75, 3.05) is 13.2 Å². The van der Waals surface area contributed by atoms with E-state index in [0.717, 1.165) is 38.5 Å². The van der Waals surface area contributed by atoms with Gasteiger partial charge in [0, 0.05) is 12.2 Å². The number of rotatable bonds is 13. The molecule has 4 heteroatoms. The van der Waals surface area contributed by atoms with Crippen molar-refractivity contribution in [3.05, 3.63) is 49.6 Å². The Bertz CT molecular complexity index is 435. The maximum Gasteiger partial charge on any atom is 0.330 e. The third-order valence-electron chi connectivity index (χ3n) is 3.28. The van der Waals surface area contributed by atoms with Crippen LogP contribution in [0, 0.1) is 5.92 Å². The van der Waals surface area contributed by atoms with Gasteiger partial charge in [-0.05, 0) is 58.3 Å². The van der Waals surface area contributed by atoms with Gasteiger partial charge < -0.3 is 9.47 Å². The van der Waals surface area contributed by atoms with Crippen LogP contribution in [0.5, 0.6) is 0 Å². The lowest BCUT2D eigenvalue weighted by atomic mass is 10.1. The van der Waals surface area contributed by atoms with E-state index in [4.69, 9.17) is 9.47 Å². The average molecular weight is 365 g/mol. The molecule has 4 nitrogen and oxygen atoms in total. The lowest BCUT2D eigenvalue weighted by Crippen LogP contribution is -2.09. The van der Waals surface area contributed by atoms with Crippen LogP contribution in [0.15, 0.2) is 49.6 Å². The number of carbonyl (C=O) groups is 2. The number of esters is 2. The Kier molecular flexibility index (Phi) is 21.1. The van der Waals surface area contributed by atoms with Crippen LogP contribution in [0.1, 0.15) is 59.3 Å². The first-order chi connectivity index (χ1) is 12.5. The van der Waals surface area contributed by atoms with E-state index in [9.17, 15) is 9.59 Å². The second-order valence-electron chi connectivity index (χ2n) is 5.91. The van der Waals surface area contributed by atoms with E-state index in [1.807, 2.05) is 12.2 Å². The second-order valence-corrected chi connectivity index (χ2v) is 5.91. The average Bonchev–Trinajstić information content (AvgIpc) is 2.62. The summed E-state index contributed by atoms with van der Waals surface area (Å²) >= 11 is 0. The minimum atomic E-state index is -0.257. The van der Waals surface area contributed by atoms with Crippen LogP contribution in [0.2, 0.25) is 0 Å². The van der Waals surface area contributed by atoms with Crippen LogP contribution in [-0.2, 0) is 19.1 Å².